The summed E-state index contributed by atoms with van der Waals surface area (Å²) in [4.78, 5) is 4.97. The van der Waals surface area contributed by atoms with Gasteiger partial charge in [-0.1, -0.05) is 121 Å². The van der Waals surface area contributed by atoms with E-state index in [0.717, 1.165) is 113 Å². The quantitative estimate of drug-likeness (QED) is 0.167. The van der Waals surface area contributed by atoms with Crippen LogP contribution in [0.25, 0.3) is 60.6 Å². The molecule has 0 amide bonds. The summed E-state index contributed by atoms with van der Waals surface area (Å²) < 4.78 is 21.3. The normalized spacial score (nSPS) is 14.6. The summed E-state index contributed by atoms with van der Waals surface area (Å²) in [6.45, 7) is -0.198. The molecule has 0 saturated carbocycles. The van der Waals surface area contributed by atoms with Crippen LogP contribution in [0.15, 0.2) is 185 Å². The van der Waals surface area contributed by atoms with E-state index in [1.54, 1.807) is 0 Å². The van der Waals surface area contributed by atoms with Gasteiger partial charge in [0.15, 0.2) is 5.58 Å². The molecule has 60 heavy (non-hydrogen) atoms. The molecule has 5 nitrogen and oxygen atoms in total. The van der Waals surface area contributed by atoms with Gasteiger partial charge in [-0.3, -0.25) is 0 Å². The topological polar surface area (TPSA) is 42.0 Å². The Bertz CT molecular complexity index is 3530. The molecule has 1 aliphatic carbocycles. The molecule has 10 aromatic rings. The Morgan fingerprint density at radius 1 is 0.517 bits per heavy atom. The molecule has 0 fully saturated rings. The first-order chi connectivity index (χ1) is 29.8. The van der Waals surface area contributed by atoms with Gasteiger partial charge in [0.1, 0.15) is 28.2 Å². The third kappa shape index (κ3) is 4.22. The molecule has 2 aromatic heterocycles. The van der Waals surface area contributed by atoms with Crippen molar-refractivity contribution in [2.45, 2.75) is 12.8 Å². The van der Waals surface area contributed by atoms with Gasteiger partial charge in [-0.2, -0.15) is 0 Å². The van der Waals surface area contributed by atoms with Crippen molar-refractivity contribution >= 4 is 107 Å². The van der Waals surface area contributed by atoms with Crippen LogP contribution in [0.3, 0.4) is 0 Å². The van der Waals surface area contributed by atoms with Crippen LogP contribution in [-0.2, 0) is 0 Å². The molecular formula is C54H33BN2O3. The molecule has 0 unspecified atom stereocenters. The summed E-state index contributed by atoms with van der Waals surface area (Å²) in [6.07, 6.45) is 8.75. The number of hydrogen-bond acceptors (Lipinski definition) is 5. The van der Waals surface area contributed by atoms with E-state index in [1.165, 1.54) is 27.9 Å². The molecule has 0 saturated heterocycles. The van der Waals surface area contributed by atoms with Crippen LogP contribution < -0.4 is 30.9 Å². The Hall–Kier alpha value is -7.70. The Kier molecular flexibility index (Phi) is 6.42. The SMILES string of the molecule is C1=CCCC(c2cc(-c3ccccc3)c3c4c2N(c2ccccc2)c2cc5oc6ccccc6c5c5c2B4c2c(cc4c(oc6ccccc64)c2N3c2ccccc2)O5)=C1. The van der Waals surface area contributed by atoms with Crippen molar-refractivity contribution in [3.63, 3.8) is 0 Å². The molecule has 3 aliphatic heterocycles. The zero-order valence-electron chi connectivity index (χ0n) is 32.4. The lowest BCUT2D eigenvalue weighted by molar-refractivity contribution is 0.493. The predicted molar refractivity (Wildman–Crippen MR) is 247 cm³/mol. The number of ether oxygens (including phenoxy) is 1. The fourth-order valence-corrected chi connectivity index (χ4v) is 10.6. The summed E-state index contributed by atoms with van der Waals surface area (Å²) in [6, 6.07) is 56.3. The molecular weight excluding hydrogens is 735 g/mol. The summed E-state index contributed by atoms with van der Waals surface area (Å²) in [5, 5.41) is 4.12. The van der Waals surface area contributed by atoms with Crippen LogP contribution in [0.4, 0.5) is 34.1 Å². The highest BCUT2D eigenvalue weighted by Crippen LogP contribution is 2.56. The maximum absolute atomic E-state index is 7.51. The molecule has 6 heteroatoms. The van der Waals surface area contributed by atoms with E-state index in [4.69, 9.17) is 13.6 Å². The van der Waals surface area contributed by atoms with E-state index in [1.807, 2.05) is 6.07 Å². The second-order valence-corrected chi connectivity index (χ2v) is 16.2. The molecule has 8 aromatic carbocycles. The minimum atomic E-state index is -0.198. The molecule has 14 rings (SSSR count). The fraction of sp³-hybridized carbons (Fsp3) is 0.0370. The van der Waals surface area contributed by atoms with Crippen molar-refractivity contribution in [1.29, 1.82) is 0 Å². The van der Waals surface area contributed by atoms with Gasteiger partial charge in [-0.05, 0) is 83.4 Å². The lowest BCUT2D eigenvalue weighted by Crippen LogP contribution is -2.63. The number of anilines is 6. The minimum Gasteiger partial charge on any atom is -0.457 e. The van der Waals surface area contributed by atoms with Crippen LogP contribution >= 0.6 is 0 Å². The van der Waals surface area contributed by atoms with Gasteiger partial charge < -0.3 is 23.4 Å². The van der Waals surface area contributed by atoms with Crippen molar-refractivity contribution in [2.24, 2.45) is 0 Å². The highest BCUT2D eigenvalue weighted by atomic mass is 16.5. The first-order valence-electron chi connectivity index (χ1n) is 20.8. The maximum Gasteiger partial charge on any atom is 0.262 e. The Morgan fingerprint density at radius 2 is 1.18 bits per heavy atom. The molecule has 5 heterocycles. The molecule has 0 atom stereocenters. The van der Waals surface area contributed by atoms with E-state index >= 15 is 0 Å². The van der Waals surface area contributed by atoms with E-state index in [2.05, 4.69) is 180 Å². The second kappa shape index (κ2) is 11.9. The average Bonchev–Trinajstić information content (AvgIpc) is 3.88. The molecule has 0 radical (unpaired) electrons. The highest BCUT2D eigenvalue weighted by Gasteiger charge is 2.52. The zero-order chi connectivity index (χ0) is 39.1. The lowest BCUT2D eigenvalue weighted by atomic mass is 9.32. The molecule has 280 valence electrons. The lowest BCUT2D eigenvalue weighted by Gasteiger charge is -2.48. The number of para-hydroxylation sites is 4. The van der Waals surface area contributed by atoms with Gasteiger partial charge in [0.2, 0.25) is 0 Å². The van der Waals surface area contributed by atoms with Crippen LogP contribution in [0.5, 0.6) is 11.5 Å². The summed E-state index contributed by atoms with van der Waals surface area (Å²) in [7, 11) is 0. The van der Waals surface area contributed by atoms with Crippen LogP contribution in [-0.4, -0.2) is 6.71 Å². The fourth-order valence-electron chi connectivity index (χ4n) is 10.6. The molecule has 0 spiro atoms. The second-order valence-electron chi connectivity index (χ2n) is 16.2. The van der Waals surface area contributed by atoms with Crippen molar-refractivity contribution in [3.8, 4) is 22.6 Å². The Morgan fingerprint density at radius 3 is 1.93 bits per heavy atom. The summed E-state index contributed by atoms with van der Waals surface area (Å²) in [5.41, 5.74) is 18.2. The summed E-state index contributed by atoms with van der Waals surface area (Å²) >= 11 is 0. The van der Waals surface area contributed by atoms with Crippen LogP contribution in [0, 0.1) is 0 Å². The molecule has 0 N–H and O–H groups in total. The number of hydrogen-bond donors (Lipinski definition) is 0. The zero-order valence-corrected chi connectivity index (χ0v) is 32.4. The third-order valence-electron chi connectivity index (χ3n) is 13.1. The number of furan rings is 2. The van der Waals surface area contributed by atoms with E-state index in [0.29, 0.717) is 0 Å². The van der Waals surface area contributed by atoms with Crippen molar-refractivity contribution in [1.82, 2.24) is 0 Å². The number of rotatable bonds is 4. The predicted octanol–water partition coefficient (Wildman–Crippen LogP) is 13.1. The van der Waals surface area contributed by atoms with Crippen molar-refractivity contribution in [2.75, 3.05) is 9.80 Å². The largest absolute Gasteiger partial charge is 0.457 e. The summed E-state index contributed by atoms with van der Waals surface area (Å²) in [5.74, 6) is 1.68. The van der Waals surface area contributed by atoms with E-state index < -0.39 is 0 Å². The van der Waals surface area contributed by atoms with Crippen molar-refractivity contribution in [3.05, 3.63) is 182 Å². The maximum atomic E-state index is 7.51. The van der Waals surface area contributed by atoms with Gasteiger partial charge in [0.05, 0.1) is 22.4 Å². The van der Waals surface area contributed by atoms with Gasteiger partial charge >= 0.3 is 0 Å². The average molecular weight is 769 g/mol. The minimum absolute atomic E-state index is 0.198. The van der Waals surface area contributed by atoms with Crippen molar-refractivity contribution < 1.29 is 13.6 Å². The Balaban J connectivity index is 1.25. The monoisotopic (exact) mass is 768 g/mol. The number of nitrogens with zero attached hydrogens (tertiary/aromatic N) is 2. The number of benzene rings is 8. The van der Waals surface area contributed by atoms with E-state index in [-0.39, 0.29) is 6.71 Å². The third-order valence-corrected chi connectivity index (χ3v) is 13.1. The highest BCUT2D eigenvalue weighted by molar-refractivity contribution is 7.02. The number of fused-ring (bicyclic) bond motifs is 8. The smallest absolute Gasteiger partial charge is 0.262 e. The van der Waals surface area contributed by atoms with Gasteiger partial charge in [0.25, 0.3) is 6.71 Å². The van der Waals surface area contributed by atoms with Crippen LogP contribution in [0.2, 0.25) is 0 Å². The molecule has 0 bridgehead atoms. The number of allylic oxidation sites excluding steroid dienone is 4. The van der Waals surface area contributed by atoms with Crippen LogP contribution in [0.1, 0.15) is 18.4 Å². The van der Waals surface area contributed by atoms with Gasteiger partial charge in [-0.15, -0.1) is 0 Å². The Labute approximate surface area is 345 Å². The van der Waals surface area contributed by atoms with E-state index in [9.17, 15) is 0 Å². The van der Waals surface area contributed by atoms with Gasteiger partial charge in [0, 0.05) is 55.9 Å². The first kappa shape index (κ1) is 32.3. The van der Waals surface area contributed by atoms with Gasteiger partial charge in [-0.25, -0.2) is 0 Å². The molecule has 4 aliphatic rings. The first-order valence-corrected chi connectivity index (χ1v) is 20.8. The standard InChI is InChI=1S/C54H33BN2O3/c1-5-17-32(18-6-1)38-29-39(33-19-7-2-8-20-33)51-49-50(38)56(34-21-9-3-10-22-34)41-31-44-46(37-26-14-16-28-43(37)58-44)54-47(41)55(49)48-45(60-54)30-40-36-25-13-15-27-42(36)59-53(40)52(48)57(51)35-23-11-4-12-24-35/h1-5,7-17,19-31H,6,18H2.